The number of benzene rings is 3. The summed E-state index contributed by atoms with van der Waals surface area (Å²) in [6.07, 6.45) is 7.67. The minimum absolute atomic E-state index is 0.247. The first kappa shape index (κ1) is 42.5. The average Bonchev–Trinajstić information content (AvgIpc) is 3.74. The van der Waals surface area contributed by atoms with Crippen LogP contribution in [0.25, 0.3) is 28.1 Å². The van der Waals surface area contributed by atoms with Crippen molar-refractivity contribution in [1.29, 1.82) is 0 Å². The Hall–Kier alpha value is -5.15. The summed E-state index contributed by atoms with van der Waals surface area (Å²) in [5.74, 6) is 1.75. The van der Waals surface area contributed by atoms with Gasteiger partial charge in [-0.15, -0.1) is 0 Å². The van der Waals surface area contributed by atoms with Crippen LogP contribution in [0.15, 0.2) is 66.7 Å². The maximum absolute atomic E-state index is 14.0. The van der Waals surface area contributed by atoms with Gasteiger partial charge in [0.25, 0.3) is 10.2 Å². The van der Waals surface area contributed by atoms with Gasteiger partial charge in [0.2, 0.25) is 0 Å². The molecule has 5 aromatic rings. The molecule has 1 atom stereocenters. The molecule has 0 bridgehead atoms. The van der Waals surface area contributed by atoms with Crippen molar-refractivity contribution < 1.29 is 27.4 Å². The molecule has 13 nitrogen and oxygen atoms in total. The summed E-state index contributed by atoms with van der Waals surface area (Å²) in [6, 6.07) is 20.7. The van der Waals surface area contributed by atoms with Crippen LogP contribution in [0.1, 0.15) is 77.6 Å². The first-order chi connectivity index (χ1) is 29.5. The molecule has 0 spiro atoms. The molecule has 3 aromatic carbocycles. The van der Waals surface area contributed by atoms with Gasteiger partial charge in [0.1, 0.15) is 29.5 Å². The molecule has 1 saturated heterocycles. The number of fused-ring (bicyclic) bond motifs is 3. The van der Waals surface area contributed by atoms with E-state index in [2.05, 4.69) is 76.9 Å². The highest BCUT2D eigenvalue weighted by Gasteiger charge is 2.31. The fourth-order valence-corrected chi connectivity index (χ4v) is 10.3. The van der Waals surface area contributed by atoms with Gasteiger partial charge in [-0.05, 0) is 93.6 Å². The van der Waals surface area contributed by atoms with E-state index in [0.717, 1.165) is 76.2 Å². The van der Waals surface area contributed by atoms with Crippen molar-refractivity contribution in [3.63, 3.8) is 0 Å². The summed E-state index contributed by atoms with van der Waals surface area (Å²) in [6.45, 7) is 9.46. The SMILES string of the molecule is CCOC(=O)c1c(CCCOc2cccc3c2C(C)CC=C3)c2cccc3c2n1CCCN(C)Cc1c-3c(COc2ccc(N3CCN(S(=O)(=O)N(C)C)CC3)cc2)nn1C. The van der Waals surface area contributed by atoms with E-state index in [1.54, 1.807) is 14.1 Å². The van der Waals surface area contributed by atoms with Crippen molar-refractivity contribution in [2.24, 2.45) is 7.05 Å². The Balaban J connectivity index is 1.08. The van der Waals surface area contributed by atoms with Gasteiger partial charge in [-0.1, -0.05) is 49.4 Å². The van der Waals surface area contributed by atoms with Gasteiger partial charge in [0.05, 0.1) is 24.4 Å². The summed E-state index contributed by atoms with van der Waals surface area (Å²) in [7, 11) is 3.82. The number of para-hydroxylation sites is 1. The van der Waals surface area contributed by atoms with Gasteiger partial charge < -0.3 is 28.6 Å². The number of carbonyl (C=O) groups excluding carboxylic acids is 1. The lowest BCUT2D eigenvalue weighted by molar-refractivity contribution is 0.0512. The maximum Gasteiger partial charge on any atom is 0.355 e. The lowest BCUT2D eigenvalue weighted by Crippen LogP contribution is -2.51. The number of carbonyl (C=O) groups is 1. The summed E-state index contributed by atoms with van der Waals surface area (Å²) >= 11 is 0. The van der Waals surface area contributed by atoms with Crippen LogP contribution in [-0.4, -0.2) is 109 Å². The van der Waals surface area contributed by atoms with Gasteiger partial charge in [-0.2, -0.15) is 22.1 Å². The van der Waals surface area contributed by atoms with E-state index in [1.165, 1.54) is 19.7 Å². The van der Waals surface area contributed by atoms with Crippen molar-refractivity contribution in [3.05, 3.63) is 101 Å². The van der Waals surface area contributed by atoms with Gasteiger partial charge in [0, 0.05) is 88.2 Å². The number of aryl methyl sites for hydroxylation is 3. The molecule has 3 aliphatic rings. The van der Waals surface area contributed by atoms with Crippen LogP contribution in [0.3, 0.4) is 0 Å². The van der Waals surface area contributed by atoms with E-state index in [1.807, 2.05) is 42.9 Å². The molecule has 2 aromatic heterocycles. The van der Waals surface area contributed by atoms with Crippen LogP contribution in [0.2, 0.25) is 0 Å². The molecule has 4 heterocycles. The molecule has 1 aliphatic carbocycles. The van der Waals surface area contributed by atoms with E-state index in [9.17, 15) is 13.2 Å². The maximum atomic E-state index is 14.0. The zero-order valence-electron chi connectivity index (χ0n) is 36.4. The first-order valence-electron chi connectivity index (χ1n) is 21.6. The smallest absolute Gasteiger partial charge is 0.355 e. The number of rotatable bonds is 13. The second-order valence-electron chi connectivity index (χ2n) is 16.6. The number of ether oxygens (including phenoxy) is 3. The summed E-state index contributed by atoms with van der Waals surface area (Å²) in [5, 5.41) is 6.12. The Morgan fingerprint density at radius 2 is 1.70 bits per heavy atom. The quantitative estimate of drug-likeness (QED) is 0.0905. The Bertz CT molecular complexity index is 2520. The largest absolute Gasteiger partial charge is 0.493 e. The minimum atomic E-state index is -3.43. The van der Waals surface area contributed by atoms with Gasteiger partial charge in [-0.3, -0.25) is 4.68 Å². The Morgan fingerprint density at radius 3 is 2.46 bits per heavy atom. The van der Waals surface area contributed by atoms with Crippen molar-refractivity contribution in [1.82, 2.24) is 27.9 Å². The molecule has 1 fully saturated rings. The highest BCUT2D eigenvalue weighted by Crippen LogP contribution is 2.41. The van der Waals surface area contributed by atoms with Gasteiger partial charge >= 0.3 is 5.97 Å². The average molecular weight is 850 g/mol. The zero-order chi connectivity index (χ0) is 42.8. The van der Waals surface area contributed by atoms with E-state index in [4.69, 9.17) is 19.3 Å². The zero-order valence-corrected chi connectivity index (χ0v) is 37.2. The van der Waals surface area contributed by atoms with Crippen LogP contribution in [0.5, 0.6) is 11.5 Å². The normalized spacial score (nSPS) is 17.4. The fourth-order valence-electron chi connectivity index (χ4n) is 9.26. The third-order valence-electron chi connectivity index (χ3n) is 12.3. The third-order valence-corrected chi connectivity index (χ3v) is 14.3. The molecule has 0 radical (unpaired) electrons. The Kier molecular flexibility index (Phi) is 12.6. The summed E-state index contributed by atoms with van der Waals surface area (Å²) in [4.78, 5) is 18.6. The van der Waals surface area contributed by atoms with Crippen LogP contribution < -0.4 is 14.4 Å². The summed E-state index contributed by atoms with van der Waals surface area (Å²) < 4.78 is 51.0. The number of aromatic nitrogens is 3. The van der Waals surface area contributed by atoms with Crippen molar-refractivity contribution >= 4 is 38.8 Å². The topological polar surface area (TPSA) is 115 Å². The Labute approximate surface area is 360 Å². The molecule has 0 N–H and O–H groups in total. The third kappa shape index (κ3) is 8.55. The van der Waals surface area contributed by atoms with Crippen LogP contribution in [0.4, 0.5) is 5.69 Å². The molecule has 0 saturated carbocycles. The van der Waals surface area contributed by atoms with Crippen LogP contribution in [-0.2, 0) is 48.1 Å². The van der Waals surface area contributed by atoms with Gasteiger partial charge in [0.15, 0.2) is 0 Å². The summed E-state index contributed by atoms with van der Waals surface area (Å²) in [5.41, 5.74) is 10.1. The number of nitrogens with zero attached hydrogens (tertiary/aromatic N) is 7. The first-order valence-corrected chi connectivity index (χ1v) is 23.0. The second kappa shape index (κ2) is 18.1. The number of esters is 1. The molecule has 8 rings (SSSR count). The highest BCUT2D eigenvalue weighted by molar-refractivity contribution is 7.86. The molecule has 61 heavy (non-hydrogen) atoms. The lowest BCUT2D eigenvalue weighted by atomic mass is 9.88. The molecule has 1 unspecified atom stereocenters. The number of hydrogen-bond acceptors (Lipinski definition) is 9. The van der Waals surface area contributed by atoms with E-state index < -0.39 is 10.2 Å². The number of hydrogen-bond donors (Lipinski definition) is 0. The van der Waals surface area contributed by atoms with Crippen molar-refractivity contribution in [2.45, 2.75) is 65.1 Å². The van der Waals surface area contributed by atoms with E-state index in [-0.39, 0.29) is 19.2 Å². The predicted molar refractivity (Wildman–Crippen MR) is 241 cm³/mol. The lowest BCUT2D eigenvalue weighted by Gasteiger charge is -2.36. The molecular formula is C47H59N7O6S. The number of piperazine rings is 1. The fraction of sp³-hybridized carbons (Fsp3) is 0.447. The minimum Gasteiger partial charge on any atom is -0.493 e. The number of allylic oxidation sites excluding steroid dienone is 1. The molecule has 14 heteroatoms. The molecular weight excluding hydrogens is 791 g/mol. The van der Waals surface area contributed by atoms with E-state index in [0.29, 0.717) is 69.7 Å². The van der Waals surface area contributed by atoms with Crippen LogP contribution >= 0.6 is 0 Å². The van der Waals surface area contributed by atoms with E-state index >= 15 is 0 Å². The molecule has 324 valence electrons. The molecule has 2 aliphatic heterocycles. The highest BCUT2D eigenvalue weighted by atomic mass is 32.2. The molecule has 0 amide bonds. The van der Waals surface area contributed by atoms with Crippen molar-refractivity contribution in [3.8, 4) is 22.6 Å². The standard InChI is InChI=1S/C47H59N7O6S/c1-7-58-47(55)46-38(18-11-30-59-42-19-9-15-34-14-8-13-33(2)43(34)42)37-16-10-17-39-44-40(48-51(6)41(44)31-50(5)24-12-25-54(46)45(37)39)32-60-36-22-20-35(21-23-36)52-26-28-53(29-27-52)61(56,57)49(3)4/h8-10,14-17,19-23,33H,7,11-13,18,24-32H2,1-6H3. The Morgan fingerprint density at radius 1 is 0.934 bits per heavy atom. The second-order valence-corrected chi connectivity index (χ2v) is 18.7. The van der Waals surface area contributed by atoms with Crippen LogP contribution in [0, 0.1) is 0 Å². The monoisotopic (exact) mass is 849 g/mol. The predicted octanol–water partition coefficient (Wildman–Crippen LogP) is 7.09. The number of anilines is 1. The van der Waals surface area contributed by atoms with Gasteiger partial charge in [-0.25, -0.2) is 4.79 Å². The van der Waals surface area contributed by atoms with Crippen molar-refractivity contribution in [2.75, 3.05) is 72.0 Å².